The summed E-state index contributed by atoms with van der Waals surface area (Å²) >= 11 is 0. The molecule has 19 heavy (non-hydrogen) atoms. The van der Waals surface area contributed by atoms with Gasteiger partial charge in [0.25, 0.3) is 0 Å². The molecule has 0 saturated heterocycles. The molecule has 0 bridgehead atoms. The zero-order valence-electron chi connectivity index (χ0n) is 11.4. The monoisotopic (exact) mass is 262 g/mol. The molecule has 0 aromatic carbocycles. The van der Waals surface area contributed by atoms with Crippen LogP contribution in [0.2, 0.25) is 0 Å². The van der Waals surface area contributed by atoms with Gasteiger partial charge >= 0.3 is 0 Å². The molecule has 7 nitrogen and oxygen atoms in total. The molecule has 2 aromatic rings. The molecule has 2 N–H and O–H groups in total. The van der Waals surface area contributed by atoms with E-state index in [0.29, 0.717) is 18.3 Å². The molecule has 0 radical (unpaired) electrons. The molecule has 102 valence electrons. The topological polar surface area (TPSA) is 88.8 Å². The lowest BCUT2D eigenvalue weighted by Gasteiger charge is -2.12. The third-order valence-electron chi connectivity index (χ3n) is 2.62. The number of aromatic nitrogens is 4. The fourth-order valence-electron chi connectivity index (χ4n) is 1.79. The van der Waals surface area contributed by atoms with Gasteiger partial charge in [0.15, 0.2) is 5.82 Å². The van der Waals surface area contributed by atoms with Crippen molar-refractivity contribution in [3.8, 4) is 0 Å². The number of hydrogen-bond acceptors (Lipinski definition) is 7. The van der Waals surface area contributed by atoms with Crippen molar-refractivity contribution in [3.05, 3.63) is 23.6 Å². The highest BCUT2D eigenvalue weighted by atomic mass is 16.5. The van der Waals surface area contributed by atoms with E-state index in [1.54, 1.807) is 13.3 Å². The quantitative estimate of drug-likeness (QED) is 0.820. The third kappa shape index (κ3) is 3.18. The largest absolute Gasteiger partial charge is 0.370 e. The Kier molecular flexibility index (Phi) is 4.27. The Morgan fingerprint density at radius 1 is 1.16 bits per heavy atom. The standard InChI is InChI=1S/C12H18N6O/c1-4-9-11(13-5-2)15-7-16-12(9)14-6-10-17-8(3)18-19-10/h7H,4-6H2,1-3H3,(H2,13,14,15,16). The second-order valence-electron chi connectivity index (χ2n) is 4.02. The average molecular weight is 262 g/mol. The van der Waals surface area contributed by atoms with Crippen LogP contribution in [-0.2, 0) is 13.0 Å². The molecule has 0 aliphatic heterocycles. The lowest BCUT2D eigenvalue weighted by molar-refractivity contribution is 0.379. The van der Waals surface area contributed by atoms with Crippen LogP contribution in [-0.4, -0.2) is 26.7 Å². The summed E-state index contributed by atoms with van der Waals surface area (Å²) < 4.78 is 5.05. The summed E-state index contributed by atoms with van der Waals surface area (Å²) in [6, 6.07) is 0. The molecule has 0 aliphatic rings. The van der Waals surface area contributed by atoms with E-state index in [0.717, 1.165) is 30.2 Å². The summed E-state index contributed by atoms with van der Waals surface area (Å²) in [7, 11) is 0. The van der Waals surface area contributed by atoms with E-state index in [4.69, 9.17) is 4.52 Å². The van der Waals surface area contributed by atoms with Gasteiger partial charge < -0.3 is 15.2 Å². The van der Waals surface area contributed by atoms with E-state index < -0.39 is 0 Å². The van der Waals surface area contributed by atoms with Gasteiger partial charge in [0.1, 0.15) is 18.0 Å². The number of anilines is 2. The molecule has 2 heterocycles. The van der Waals surface area contributed by atoms with Gasteiger partial charge in [-0.3, -0.25) is 0 Å². The summed E-state index contributed by atoms with van der Waals surface area (Å²) in [5.41, 5.74) is 1.06. The maximum absolute atomic E-state index is 5.05. The first-order chi connectivity index (χ1) is 9.24. The van der Waals surface area contributed by atoms with Crippen molar-refractivity contribution < 1.29 is 4.52 Å². The van der Waals surface area contributed by atoms with E-state index in [9.17, 15) is 0 Å². The lowest BCUT2D eigenvalue weighted by atomic mass is 10.2. The van der Waals surface area contributed by atoms with E-state index >= 15 is 0 Å². The predicted molar refractivity (Wildman–Crippen MR) is 71.9 cm³/mol. The van der Waals surface area contributed by atoms with E-state index in [2.05, 4.69) is 37.7 Å². The van der Waals surface area contributed by atoms with Crippen LogP contribution in [0.3, 0.4) is 0 Å². The Morgan fingerprint density at radius 2 is 1.89 bits per heavy atom. The highest BCUT2D eigenvalue weighted by Gasteiger charge is 2.10. The van der Waals surface area contributed by atoms with Crippen molar-refractivity contribution in [2.75, 3.05) is 17.2 Å². The number of nitrogens with one attached hydrogen (secondary N) is 2. The Hall–Kier alpha value is -2.18. The number of aryl methyl sites for hydroxylation is 1. The number of rotatable bonds is 6. The van der Waals surface area contributed by atoms with Crippen molar-refractivity contribution >= 4 is 11.6 Å². The van der Waals surface area contributed by atoms with Gasteiger partial charge in [-0.15, -0.1) is 0 Å². The van der Waals surface area contributed by atoms with Crippen molar-refractivity contribution in [2.24, 2.45) is 0 Å². The van der Waals surface area contributed by atoms with Crippen LogP contribution in [0.15, 0.2) is 10.9 Å². The zero-order chi connectivity index (χ0) is 13.7. The van der Waals surface area contributed by atoms with E-state index in [1.165, 1.54) is 0 Å². The number of hydrogen-bond donors (Lipinski definition) is 2. The third-order valence-corrected chi connectivity index (χ3v) is 2.62. The minimum atomic E-state index is 0.455. The second kappa shape index (κ2) is 6.12. The first kappa shape index (κ1) is 13.3. The molecule has 2 rings (SSSR count). The van der Waals surface area contributed by atoms with Gasteiger partial charge in [-0.2, -0.15) is 4.98 Å². The molecule has 0 atom stereocenters. The highest BCUT2D eigenvalue weighted by molar-refractivity contribution is 5.57. The van der Waals surface area contributed by atoms with Crippen molar-refractivity contribution in [2.45, 2.75) is 33.7 Å². The van der Waals surface area contributed by atoms with Crippen LogP contribution in [0.25, 0.3) is 0 Å². The molecule has 0 saturated carbocycles. The Bertz CT molecular complexity index is 539. The molecule has 0 aliphatic carbocycles. The van der Waals surface area contributed by atoms with Crippen LogP contribution >= 0.6 is 0 Å². The van der Waals surface area contributed by atoms with Gasteiger partial charge in [0.05, 0.1) is 6.54 Å². The van der Waals surface area contributed by atoms with Crippen LogP contribution in [0.5, 0.6) is 0 Å². The fourth-order valence-corrected chi connectivity index (χ4v) is 1.79. The Morgan fingerprint density at radius 3 is 2.47 bits per heavy atom. The summed E-state index contributed by atoms with van der Waals surface area (Å²) in [6.45, 7) is 7.18. The zero-order valence-corrected chi connectivity index (χ0v) is 11.4. The van der Waals surface area contributed by atoms with Gasteiger partial charge in [-0.25, -0.2) is 9.97 Å². The van der Waals surface area contributed by atoms with Gasteiger partial charge in [-0.05, 0) is 20.3 Å². The lowest BCUT2D eigenvalue weighted by Crippen LogP contribution is -2.09. The first-order valence-electron chi connectivity index (χ1n) is 6.35. The normalized spacial score (nSPS) is 10.5. The molecule has 7 heteroatoms. The minimum Gasteiger partial charge on any atom is -0.370 e. The fraction of sp³-hybridized carbons (Fsp3) is 0.500. The van der Waals surface area contributed by atoms with Crippen LogP contribution in [0.1, 0.15) is 31.1 Å². The van der Waals surface area contributed by atoms with Crippen LogP contribution in [0.4, 0.5) is 11.6 Å². The SMILES string of the molecule is CCNc1ncnc(NCc2nc(C)no2)c1CC. The van der Waals surface area contributed by atoms with Gasteiger partial charge in [-0.1, -0.05) is 12.1 Å². The van der Waals surface area contributed by atoms with Crippen molar-refractivity contribution in [3.63, 3.8) is 0 Å². The smallest absolute Gasteiger partial charge is 0.245 e. The molecule has 0 amide bonds. The molecular weight excluding hydrogens is 244 g/mol. The second-order valence-corrected chi connectivity index (χ2v) is 4.02. The van der Waals surface area contributed by atoms with Gasteiger partial charge in [0, 0.05) is 12.1 Å². The molecular formula is C12H18N6O. The molecule has 0 fully saturated rings. The van der Waals surface area contributed by atoms with Gasteiger partial charge in [0.2, 0.25) is 5.89 Å². The maximum Gasteiger partial charge on any atom is 0.245 e. The minimum absolute atomic E-state index is 0.455. The summed E-state index contributed by atoms with van der Waals surface area (Å²) in [6.07, 6.45) is 2.38. The predicted octanol–water partition coefficient (Wildman–Crippen LogP) is 1.77. The first-order valence-corrected chi connectivity index (χ1v) is 6.35. The highest BCUT2D eigenvalue weighted by Crippen LogP contribution is 2.20. The van der Waals surface area contributed by atoms with Crippen LogP contribution in [0, 0.1) is 6.92 Å². The van der Waals surface area contributed by atoms with Crippen molar-refractivity contribution in [1.29, 1.82) is 0 Å². The van der Waals surface area contributed by atoms with Crippen molar-refractivity contribution in [1.82, 2.24) is 20.1 Å². The summed E-state index contributed by atoms with van der Waals surface area (Å²) in [5.74, 6) is 2.83. The average Bonchev–Trinajstić information content (AvgIpc) is 2.83. The number of nitrogens with zero attached hydrogens (tertiary/aromatic N) is 4. The summed E-state index contributed by atoms with van der Waals surface area (Å²) in [4.78, 5) is 12.6. The summed E-state index contributed by atoms with van der Waals surface area (Å²) in [5, 5.41) is 10.2. The Labute approximate surface area is 111 Å². The molecule has 0 unspecified atom stereocenters. The van der Waals surface area contributed by atoms with Crippen LogP contribution < -0.4 is 10.6 Å². The van der Waals surface area contributed by atoms with E-state index in [1.807, 2.05) is 6.92 Å². The maximum atomic E-state index is 5.05. The van der Waals surface area contributed by atoms with E-state index in [-0.39, 0.29) is 0 Å². The molecule has 2 aromatic heterocycles. The Balaban J connectivity index is 2.13. The molecule has 0 spiro atoms.